The summed E-state index contributed by atoms with van der Waals surface area (Å²) < 4.78 is 0. The number of nitrogens with one attached hydrogen (secondary N) is 1. The molecule has 2 N–H and O–H groups in total. The van der Waals surface area contributed by atoms with Crippen molar-refractivity contribution in [2.75, 3.05) is 11.9 Å². The number of nitrogens with zero attached hydrogens (tertiary/aromatic N) is 1. The first kappa shape index (κ1) is 14.5. The highest BCUT2D eigenvalue weighted by Gasteiger charge is 2.22. The molecule has 4 nitrogen and oxygen atoms in total. The average Bonchev–Trinajstić information content (AvgIpc) is 2.90. The van der Waals surface area contributed by atoms with Gasteiger partial charge in [0.1, 0.15) is 5.56 Å². The minimum absolute atomic E-state index is 0.0544. The van der Waals surface area contributed by atoms with Crippen molar-refractivity contribution in [3.63, 3.8) is 0 Å². The molecule has 0 fully saturated rings. The van der Waals surface area contributed by atoms with Crippen LogP contribution in [0.2, 0.25) is 0 Å². The number of aryl methyl sites for hydroxylation is 1. The Balaban J connectivity index is 2.19. The molecule has 0 unspecified atom stereocenters. The van der Waals surface area contributed by atoms with Crippen molar-refractivity contribution in [2.45, 2.75) is 26.2 Å². The number of carbonyl (C=O) groups is 1. The minimum Gasteiger partial charge on any atom is -0.478 e. The van der Waals surface area contributed by atoms with E-state index in [1.807, 2.05) is 13.0 Å². The smallest absolute Gasteiger partial charge is 0.339 e. The molecule has 106 valence electrons. The molecule has 0 aliphatic carbocycles. The van der Waals surface area contributed by atoms with Gasteiger partial charge in [0.15, 0.2) is 0 Å². The number of rotatable bonds is 5. The largest absolute Gasteiger partial charge is 0.478 e. The molecule has 0 saturated heterocycles. The normalized spacial score (nSPS) is 11.3. The minimum atomic E-state index is -0.964. The summed E-state index contributed by atoms with van der Waals surface area (Å²) in [5.74, 6) is -0.964. The lowest BCUT2D eigenvalue weighted by molar-refractivity contribution is 0.0697. The lowest BCUT2D eigenvalue weighted by atomic mass is 9.91. The van der Waals surface area contributed by atoms with Gasteiger partial charge in [-0.2, -0.15) is 0 Å². The maximum absolute atomic E-state index is 11.2. The van der Waals surface area contributed by atoms with Crippen molar-refractivity contribution in [3.8, 4) is 0 Å². The summed E-state index contributed by atoms with van der Waals surface area (Å²) in [6, 6.07) is 5.90. The van der Waals surface area contributed by atoms with Gasteiger partial charge in [0, 0.05) is 28.7 Å². The maximum atomic E-state index is 11.2. The molecule has 0 saturated carbocycles. The zero-order chi connectivity index (χ0) is 14.8. The Bertz CT molecular complexity index is 606. The highest BCUT2D eigenvalue weighted by atomic mass is 32.1. The molecule has 0 aliphatic rings. The van der Waals surface area contributed by atoms with Crippen LogP contribution in [0.5, 0.6) is 0 Å². The summed E-state index contributed by atoms with van der Waals surface area (Å²) in [7, 11) is 0. The van der Waals surface area contributed by atoms with Gasteiger partial charge in [0.2, 0.25) is 0 Å². The van der Waals surface area contributed by atoms with Gasteiger partial charge in [-0.3, -0.25) is 4.98 Å². The van der Waals surface area contributed by atoms with Gasteiger partial charge in [0.25, 0.3) is 0 Å². The highest BCUT2D eigenvalue weighted by molar-refractivity contribution is 7.10. The van der Waals surface area contributed by atoms with E-state index in [1.165, 1.54) is 11.1 Å². The highest BCUT2D eigenvalue weighted by Crippen LogP contribution is 2.28. The number of hydrogen-bond donors (Lipinski definition) is 2. The fraction of sp³-hybridized carbons (Fsp3) is 0.333. The second kappa shape index (κ2) is 5.63. The fourth-order valence-corrected chi connectivity index (χ4v) is 2.80. The van der Waals surface area contributed by atoms with Crippen LogP contribution in [0.3, 0.4) is 0 Å². The first-order chi connectivity index (χ1) is 9.40. The summed E-state index contributed by atoms with van der Waals surface area (Å²) >= 11 is 1.71. The van der Waals surface area contributed by atoms with Crippen LogP contribution in [0.15, 0.2) is 29.8 Å². The molecule has 2 aromatic rings. The van der Waals surface area contributed by atoms with Crippen molar-refractivity contribution in [1.82, 2.24) is 4.98 Å². The van der Waals surface area contributed by atoms with E-state index in [2.05, 4.69) is 35.6 Å². The monoisotopic (exact) mass is 290 g/mol. The molecular formula is C15H18N2O2S. The number of anilines is 1. The quantitative estimate of drug-likeness (QED) is 0.884. The van der Waals surface area contributed by atoms with Gasteiger partial charge in [-0.05, 0) is 24.4 Å². The molecule has 2 rings (SSSR count). The van der Waals surface area contributed by atoms with Crippen LogP contribution in [0.1, 0.15) is 34.8 Å². The molecule has 20 heavy (non-hydrogen) atoms. The molecule has 5 heteroatoms. The summed E-state index contributed by atoms with van der Waals surface area (Å²) in [6.07, 6.45) is 1.40. The summed E-state index contributed by atoms with van der Waals surface area (Å²) in [4.78, 5) is 16.5. The van der Waals surface area contributed by atoms with Gasteiger partial charge in [0.05, 0.1) is 5.69 Å². The van der Waals surface area contributed by atoms with Crippen LogP contribution in [0, 0.1) is 6.92 Å². The summed E-state index contributed by atoms with van der Waals surface area (Å²) in [5, 5.41) is 14.5. The first-order valence-corrected chi connectivity index (χ1v) is 7.26. The second-order valence-electron chi connectivity index (χ2n) is 5.39. The van der Waals surface area contributed by atoms with E-state index in [0.29, 0.717) is 12.2 Å². The molecule has 0 radical (unpaired) electrons. The van der Waals surface area contributed by atoms with Crippen molar-refractivity contribution in [2.24, 2.45) is 0 Å². The zero-order valence-corrected chi connectivity index (χ0v) is 12.6. The number of thiophene rings is 1. The number of pyridine rings is 1. The molecular weight excluding hydrogens is 272 g/mol. The van der Waals surface area contributed by atoms with E-state index in [4.69, 9.17) is 0 Å². The lowest BCUT2D eigenvalue weighted by Crippen LogP contribution is -2.27. The van der Waals surface area contributed by atoms with Crippen LogP contribution in [-0.2, 0) is 5.41 Å². The van der Waals surface area contributed by atoms with Gasteiger partial charge in [-0.1, -0.05) is 19.9 Å². The van der Waals surface area contributed by atoms with Gasteiger partial charge in [-0.25, -0.2) is 4.79 Å². The Morgan fingerprint density at radius 3 is 2.85 bits per heavy atom. The predicted octanol–water partition coefficient (Wildman–Crippen LogP) is 3.54. The molecule has 2 heterocycles. The van der Waals surface area contributed by atoms with E-state index in [1.54, 1.807) is 17.4 Å². The summed E-state index contributed by atoms with van der Waals surface area (Å²) in [5.41, 5.74) is 1.57. The molecule has 0 aliphatic heterocycles. The molecule has 0 atom stereocenters. The molecule has 0 aromatic carbocycles. The number of aromatic carboxylic acids is 1. The Morgan fingerprint density at radius 2 is 2.25 bits per heavy atom. The fourth-order valence-electron chi connectivity index (χ4n) is 1.94. The SMILES string of the molecule is Cc1cc(NCC(C)(C)c2cccs2)c(C(=O)O)cn1. The Morgan fingerprint density at radius 1 is 1.50 bits per heavy atom. The van der Waals surface area contributed by atoms with Crippen molar-refractivity contribution in [3.05, 3.63) is 45.9 Å². The first-order valence-electron chi connectivity index (χ1n) is 6.38. The van der Waals surface area contributed by atoms with E-state index in [0.717, 1.165) is 5.69 Å². The van der Waals surface area contributed by atoms with Crippen molar-refractivity contribution >= 4 is 23.0 Å². The maximum Gasteiger partial charge on any atom is 0.339 e. The lowest BCUT2D eigenvalue weighted by Gasteiger charge is -2.24. The topological polar surface area (TPSA) is 62.2 Å². The van der Waals surface area contributed by atoms with E-state index in [9.17, 15) is 9.90 Å². The third-order valence-electron chi connectivity index (χ3n) is 3.18. The van der Waals surface area contributed by atoms with Gasteiger partial charge in [-0.15, -0.1) is 11.3 Å². The Labute approximate surface area is 122 Å². The Kier molecular flexibility index (Phi) is 4.09. The third-order valence-corrected chi connectivity index (χ3v) is 4.42. The van der Waals surface area contributed by atoms with Gasteiger partial charge < -0.3 is 10.4 Å². The molecule has 0 amide bonds. The van der Waals surface area contributed by atoms with Crippen molar-refractivity contribution in [1.29, 1.82) is 0 Å². The van der Waals surface area contributed by atoms with E-state index >= 15 is 0 Å². The number of carboxylic acid groups (broad SMARTS) is 1. The third kappa shape index (κ3) is 3.17. The molecule has 2 aromatic heterocycles. The van der Waals surface area contributed by atoms with Crippen LogP contribution in [0.4, 0.5) is 5.69 Å². The zero-order valence-electron chi connectivity index (χ0n) is 11.8. The number of carboxylic acids is 1. The standard InChI is InChI=1S/C15H18N2O2S/c1-10-7-12(11(8-16-10)14(18)19)17-9-15(2,3)13-5-4-6-20-13/h4-8H,9H2,1-3H3,(H,16,17)(H,18,19). The average molecular weight is 290 g/mol. The second-order valence-corrected chi connectivity index (χ2v) is 6.34. The molecule has 0 spiro atoms. The molecule has 0 bridgehead atoms. The Hall–Kier alpha value is -1.88. The van der Waals surface area contributed by atoms with Crippen LogP contribution in [-0.4, -0.2) is 22.6 Å². The van der Waals surface area contributed by atoms with Crippen molar-refractivity contribution < 1.29 is 9.90 Å². The number of aromatic nitrogens is 1. The van der Waals surface area contributed by atoms with E-state index in [-0.39, 0.29) is 11.0 Å². The predicted molar refractivity (Wildman–Crippen MR) is 81.8 cm³/mol. The van der Waals surface area contributed by atoms with E-state index < -0.39 is 5.97 Å². The summed E-state index contributed by atoms with van der Waals surface area (Å²) in [6.45, 7) is 6.79. The van der Waals surface area contributed by atoms with Crippen LogP contribution >= 0.6 is 11.3 Å². The number of hydrogen-bond acceptors (Lipinski definition) is 4. The van der Waals surface area contributed by atoms with Crippen LogP contribution in [0.25, 0.3) is 0 Å². The van der Waals surface area contributed by atoms with Crippen LogP contribution < -0.4 is 5.32 Å². The van der Waals surface area contributed by atoms with Gasteiger partial charge >= 0.3 is 5.97 Å².